The lowest BCUT2D eigenvalue weighted by Crippen LogP contribution is -2.15. The van der Waals surface area contributed by atoms with Gasteiger partial charge in [-0.15, -0.1) is 0 Å². The first kappa shape index (κ1) is 13.6. The zero-order chi connectivity index (χ0) is 14.7. The van der Waals surface area contributed by atoms with Gasteiger partial charge >= 0.3 is 0 Å². The first-order chi connectivity index (χ1) is 10.3. The highest BCUT2D eigenvalue weighted by molar-refractivity contribution is 7.99. The molecule has 1 aliphatic heterocycles. The van der Waals surface area contributed by atoms with Gasteiger partial charge in [-0.3, -0.25) is 0 Å². The molecule has 0 amide bonds. The molecule has 3 rings (SSSR count). The van der Waals surface area contributed by atoms with Gasteiger partial charge in [0.2, 0.25) is 0 Å². The zero-order valence-corrected chi connectivity index (χ0v) is 12.0. The van der Waals surface area contributed by atoms with Crippen LogP contribution in [0.2, 0.25) is 0 Å². The van der Waals surface area contributed by atoms with E-state index in [-0.39, 0.29) is 5.84 Å². The lowest BCUT2D eigenvalue weighted by molar-refractivity contribution is 0.171. The lowest BCUT2D eigenvalue weighted by atomic mass is 10.2. The maximum atomic E-state index is 8.64. The highest BCUT2D eigenvalue weighted by atomic mass is 32.2. The van der Waals surface area contributed by atoms with Crippen LogP contribution in [0.3, 0.4) is 0 Å². The fourth-order valence-corrected chi connectivity index (χ4v) is 2.82. The lowest BCUT2D eigenvalue weighted by Gasteiger charge is -2.18. The van der Waals surface area contributed by atoms with E-state index >= 15 is 0 Å². The van der Waals surface area contributed by atoms with E-state index < -0.39 is 0 Å². The minimum atomic E-state index is 0.103. The molecule has 0 spiro atoms. The summed E-state index contributed by atoms with van der Waals surface area (Å²) in [5.74, 6) is 1.67. The predicted molar refractivity (Wildman–Crippen MR) is 80.5 cm³/mol. The smallest absolute Gasteiger partial charge is 0.170 e. The summed E-state index contributed by atoms with van der Waals surface area (Å²) in [5.41, 5.74) is 6.22. The quantitative estimate of drug-likeness (QED) is 0.394. The summed E-state index contributed by atoms with van der Waals surface area (Å²) in [7, 11) is 0. The second-order valence-corrected chi connectivity index (χ2v) is 5.56. The van der Waals surface area contributed by atoms with Crippen LogP contribution in [0.5, 0.6) is 11.5 Å². The van der Waals surface area contributed by atoms with Gasteiger partial charge in [0.1, 0.15) is 13.2 Å². The van der Waals surface area contributed by atoms with Crippen LogP contribution in [-0.4, -0.2) is 24.3 Å². The van der Waals surface area contributed by atoms with E-state index in [4.69, 9.17) is 20.4 Å². The Kier molecular flexibility index (Phi) is 3.87. The number of ether oxygens (including phenoxy) is 2. The molecule has 0 radical (unpaired) electrons. The fraction of sp³-hybridized carbons (Fsp3) is 0.133. The van der Waals surface area contributed by atoms with Gasteiger partial charge in [-0.25, -0.2) is 0 Å². The molecule has 0 fully saturated rings. The van der Waals surface area contributed by atoms with Crippen molar-refractivity contribution in [1.29, 1.82) is 0 Å². The SMILES string of the molecule is N/C(=N/O)c1ccc(Sc2ccc3c(c2)OCCO3)cc1. The van der Waals surface area contributed by atoms with E-state index in [0.29, 0.717) is 18.8 Å². The van der Waals surface area contributed by atoms with Crippen LogP contribution in [0.4, 0.5) is 0 Å². The van der Waals surface area contributed by atoms with E-state index in [1.165, 1.54) is 0 Å². The standard InChI is InChI=1S/C15H14N2O3S/c16-15(17-18)10-1-3-11(4-2-10)21-12-5-6-13-14(9-12)20-8-7-19-13/h1-6,9,18H,7-8H2,(H2,16,17). The van der Waals surface area contributed by atoms with Gasteiger partial charge in [-0.05, 0) is 30.3 Å². The number of fused-ring (bicyclic) bond motifs is 1. The van der Waals surface area contributed by atoms with Gasteiger partial charge in [0.25, 0.3) is 0 Å². The average molecular weight is 302 g/mol. The van der Waals surface area contributed by atoms with Crippen LogP contribution < -0.4 is 15.2 Å². The first-order valence-electron chi connectivity index (χ1n) is 6.42. The van der Waals surface area contributed by atoms with E-state index in [1.54, 1.807) is 11.8 Å². The van der Waals surface area contributed by atoms with Gasteiger partial charge in [-0.2, -0.15) is 0 Å². The molecule has 0 saturated carbocycles. The number of nitrogens with two attached hydrogens (primary N) is 1. The van der Waals surface area contributed by atoms with Gasteiger partial charge in [0.05, 0.1) is 0 Å². The molecular formula is C15H14N2O3S. The monoisotopic (exact) mass is 302 g/mol. The summed E-state index contributed by atoms with van der Waals surface area (Å²) in [6.45, 7) is 1.17. The van der Waals surface area contributed by atoms with Gasteiger partial charge in [-0.1, -0.05) is 29.1 Å². The maximum absolute atomic E-state index is 8.64. The molecule has 6 heteroatoms. The minimum Gasteiger partial charge on any atom is -0.486 e. The minimum absolute atomic E-state index is 0.103. The Morgan fingerprint density at radius 2 is 1.67 bits per heavy atom. The number of hydrogen-bond acceptors (Lipinski definition) is 5. The molecule has 3 N–H and O–H groups in total. The number of amidine groups is 1. The highest BCUT2D eigenvalue weighted by Gasteiger charge is 2.12. The van der Waals surface area contributed by atoms with Crippen molar-refractivity contribution in [2.45, 2.75) is 9.79 Å². The number of rotatable bonds is 3. The van der Waals surface area contributed by atoms with Crippen molar-refractivity contribution in [3.8, 4) is 11.5 Å². The number of nitrogens with zero attached hydrogens (tertiary/aromatic N) is 1. The molecule has 2 aromatic carbocycles. The molecule has 0 saturated heterocycles. The van der Waals surface area contributed by atoms with E-state index in [0.717, 1.165) is 21.3 Å². The summed E-state index contributed by atoms with van der Waals surface area (Å²) in [6, 6.07) is 13.4. The molecule has 0 atom stereocenters. The summed E-state index contributed by atoms with van der Waals surface area (Å²) in [4.78, 5) is 2.12. The Hall–Kier alpha value is -2.34. The second kappa shape index (κ2) is 5.97. The van der Waals surface area contributed by atoms with Gasteiger partial charge in [0, 0.05) is 15.4 Å². The van der Waals surface area contributed by atoms with Gasteiger partial charge < -0.3 is 20.4 Å². The van der Waals surface area contributed by atoms with Crippen molar-refractivity contribution in [3.05, 3.63) is 48.0 Å². The van der Waals surface area contributed by atoms with Crippen molar-refractivity contribution < 1.29 is 14.7 Å². The maximum Gasteiger partial charge on any atom is 0.170 e. The Morgan fingerprint density at radius 3 is 2.38 bits per heavy atom. The molecular weight excluding hydrogens is 288 g/mol. The molecule has 1 aliphatic rings. The molecule has 0 unspecified atom stereocenters. The zero-order valence-electron chi connectivity index (χ0n) is 11.2. The Balaban J connectivity index is 1.77. The molecule has 0 aromatic heterocycles. The average Bonchev–Trinajstić information content (AvgIpc) is 2.55. The van der Waals surface area contributed by atoms with E-state index in [1.807, 2.05) is 42.5 Å². The molecule has 0 bridgehead atoms. The third-order valence-corrected chi connectivity index (χ3v) is 4.00. The normalized spacial score (nSPS) is 14.0. The molecule has 21 heavy (non-hydrogen) atoms. The second-order valence-electron chi connectivity index (χ2n) is 4.42. The van der Waals surface area contributed by atoms with Gasteiger partial charge in [0.15, 0.2) is 17.3 Å². The number of oxime groups is 1. The third-order valence-electron chi connectivity index (χ3n) is 3.01. The number of benzene rings is 2. The Labute approximate surface area is 126 Å². The molecule has 1 heterocycles. The first-order valence-corrected chi connectivity index (χ1v) is 7.23. The van der Waals surface area contributed by atoms with Crippen LogP contribution >= 0.6 is 11.8 Å². The largest absolute Gasteiger partial charge is 0.486 e. The van der Waals surface area contributed by atoms with Crippen LogP contribution in [0.25, 0.3) is 0 Å². The molecule has 108 valence electrons. The van der Waals surface area contributed by atoms with Crippen LogP contribution in [0.15, 0.2) is 57.4 Å². The van der Waals surface area contributed by atoms with Crippen molar-refractivity contribution in [2.24, 2.45) is 10.9 Å². The molecule has 5 nitrogen and oxygen atoms in total. The third kappa shape index (κ3) is 3.05. The molecule has 2 aromatic rings. The predicted octanol–water partition coefficient (Wildman–Crippen LogP) is 2.70. The topological polar surface area (TPSA) is 77.1 Å². The summed E-state index contributed by atoms with van der Waals surface area (Å²) >= 11 is 1.61. The van der Waals surface area contributed by atoms with Crippen LogP contribution in [0.1, 0.15) is 5.56 Å². The highest BCUT2D eigenvalue weighted by Crippen LogP contribution is 2.36. The van der Waals surface area contributed by atoms with Crippen molar-refractivity contribution >= 4 is 17.6 Å². The van der Waals surface area contributed by atoms with E-state index in [2.05, 4.69) is 5.16 Å². The summed E-state index contributed by atoms with van der Waals surface area (Å²) < 4.78 is 11.1. The van der Waals surface area contributed by atoms with Crippen LogP contribution in [0, 0.1) is 0 Å². The fourth-order valence-electron chi connectivity index (χ4n) is 1.97. The number of hydrogen-bond donors (Lipinski definition) is 2. The Bertz CT molecular complexity index is 671. The van der Waals surface area contributed by atoms with E-state index in [9.17, 15) is 0 Å². The molecule has 0 aliphatic carbocycles. The summed E-state index contributed by atoms with van der Waals surface area (Å²) in [5, 5.41) is 11.6. The van der Waals surface area contributed by atoms with Crippen molar-refractivity contribution in [2.75, 3.05) is 13.2 Å². The van der Waals surface area contributed by atoms with Crippen molar-refractivity contribution in [1.82, 2.24) is 0 Å². The van der Waals surface area contributed by atoms with Crippen LogP contribution in [-0.2, 0) is 0 Å². The van der Waals surface area contributed by atoms with Crippen molar-refractivity contribution in [3.63, 3.8) is 0 Å². The Morgan fingerprint density at radius 1 is 1.00 bits per heavy atom. The summed E-state index contributed by atoms with van der Waals surface area (Å²) in [6.07, 6.45) is 0.